The number of rotatable bonds is 3. The van der Waals surface area contributed by atoms with Crippen LogP contribution < -0.4 is 0 Å². The molecule has 26 heavy (non-hydrogen) atoms. The Morgan fingerprint density at radius 1 is 1.15 bits per heavy atom. The van der Waals surface area contributed by atoms with Gasteiger partial charge in [0.2, 0.25) is 0 Å². The van der Waals surface area contributed by atoms with Crippen LogP contribution in [0.1, 0.15) is 28.8 Å². The average Bonchev–Trinajstić information content (AvgIpc) is 2.63. The molecule has 0 saturated carbocycles. The minimum absolute atomic E-state index is 0.125. The van der Waals surface area contributed by atoms with E-state index in [9.17, 15) is 18.0 Å². The summed E-state index contributed by atoms with van der Waals surface area (Å²) in [6.45, 7) is 6.39. The van der Waals surface area contributed by atoms with Crippen LogP contribution in [0.2, 0.25) is 0 Å². The van der Waals surface area contributed by atoms with Gasteiger partial charge in [-0.2, -0.15) is 13.2 Å². The molecule has 0 aromatic heterocycles. The summed E-state index contributed by atoms with van der Waals surface area (Å²) in [6.07, 6.45) is -2.45. The Bertz CT molecular complexity index is 627. The Balaban J connectivity index is 1.61. The fraction of sp³-hybridized carbons (Fsp3) is 0.632. The number of hydrogen-bond acceptors (Lipinski definition) is 3. The third-order valence-corrected chi connectivity index (χ3v) is 5.36. The fourth-order valence-corrected chi connectivity index (χ4v) is 3.81. The number of carbonyl (C=O) groups is 1. The molecule has 0 N–H and O–H groups in total. The molecule has 1 aromatic carbocycles. The van der Waals surface area contributed by atoms with Crippen molar-refractivity contribution in [2.45, 2.75) is 19.0 Å². The van der Waals surface area contributed by atoms with E-state index in [2.05, 4.69) is 16.8 Å². The summed E-state index contributed by atoms with van der Waals surface area (Å²) in [6, 6.07) is 4.75. The van der Waals surface area contributed by atoms with Crippen LogP contribution in [0.15, 0.2) is 24.3 Å². The van der Waals surface area contributed by atoms with Gasteiger partial charge in [0.1, 0.15) is 0 Å². The number of piperazine rings is 1. The monoisotopic (exact) mass is 369 g/mol. The number of amides is 1. The maximum absolute atomic E-state index is 12.9. The molecule has 1 amide bonds. The van der Waals surface area contributed by atoms with Gasteiger partial charge in [-0.25, -0.2) is 0 Å². The van der Waals surface area contributed by atoms with Crippen molar-refractivity contribution in [3.63, 3.8) is 0 Å². The highest BCUT2D eigenvalue weighted by molar-refractivity contribution is 5.94. The van der Waals surface area contributed by atoms with Crippen molar-refractivity contribution in [2.24, 2.45) is 5.92 Å². The molecule has 2 aliphatic rings. The predicted octanol–water partition coefficient (Wildman–Crippen LogP) is 2.81. The zero-order valence-electron chi connectivity index (χ0n) is 15.1. The lowest BCUT2D eigenvalue weighted by Gasteiger charge is -2.38. The van der Waals surface area contributed by atoms with E-state index in [1.807, 2.05) is 0 Å². The van der Waals surface area contributed by atoms with Crippen molar-refractivity contribution >= 4 is 5.91 Å². The second-order valence-electron chi connectivity index (χ2n) is 7.44. The topological polar surface area (TPSA) is 26.8 Å². The summed E-state index contributed by atoms with van der Waals surface area (Å²) >= 11 is 0. The van der Waals surface area contributed by atoms with Gasteiger partial charge in [0.05, 0.1) is 5.56 Å². The summed E-state index contributed by atoms with van der Waals surface area (Å²) in [5.41, 5.74) is -0.644. The Labute approximate surface area is 152 Å². The standard InChI is InChI=1S/C19H26F3N3O/c1-23-8-10-24(11-9-23)13-15-4-3-7-25(14-15)18(26)16-5-2-6-17(12-16)19(20,21)22/h2,5-6,12,15H,3-4,7-11,13-14H2,1H3. The van der Waals surface area contributed by atoms with Crippen molar-refractivity contribution < 1.29 is 18.0 Å². The number of nitrogens with zero attached hydrogens (tertiary/aromatic N) is 3. The minimum atomic E-state index is -4.43. The molecule has 1 unspecified atom stereocenters. The molecular formula is C19H26F3N3O. The normalized spacial score (nSPS) is 23.2. The van der Waals surface area contributed by atoms with Crippen LogP contribution in [-0.2, 0) is 6.18 Å². The maximum Gasteiger partial charge on any atom is 0.416 e. The van der Waals surface area contributed by atoms with E-state index in [1.165, 1.54) is 12.1 Å². The lowest BCUT2D eigenvalue weighted by molar-refractivity contribution is -0.137. The largest absolute Gasteiger partial charge is 0.416 e. The first-order valence-electron chi connectivity index (χ1n) is 9.20. The van der Waals surface area contributed by atoms with Crippen LogP contribution in [0, 0.1) is 5.92 Å². The highest BCUT2D eigenvalue weighted by atomic mass is 19.4. The number of likely N-dealkylation sites (tertiary alicyclic amines) is 1. The van der Waals surface area contributed by atoms with Crippen LogP contribution in [0.25, 0.3) is 0 Å². The Morgan fingerprint density at radius 2 is 1.88 bits per heavy atom. The quantitative estimate of drug-likeness (QED) is 0.820. The second-order valence-corrected chi connectivity index (χ2v) is 7.44. The summed E-state index contributed by atoms with van der Waals surface area (Å²) in [7, 11) is 2.12. The van der Waals surface area contributed by atoms with Crippen LogP contribution >= 0.6 is 0 Å². The highest BCUT2D eigenvalue weighted by Crippen LogP contribution is 2.30. The minimum Gasteiger partial charge on any atom is -0.338 e. The number of piperidine rings is 1. The highest BCUT2D eigenvalue weighted by Gasteiger charge is 2.32. The molecule has 1 atom stereocenters. The second kappa shape index (κ2) is 7.96. The van der Waals surface area contributed by atoms with Gasteiger partial charge < -0.3 is 14.7 Å². The number of likely N-dealkylation sites (N-methyl/N-ethyl adjacent to an activating group) is 1. The number of carbonyl (C=O) groups excluding carboxylic acids is 1. The van der Waals surface area contributed by atoms with Gasteiger partial charge in [-0.05, 0) is 44.0 Å². The van der Waals surface area contributed by atoms with E-state index in [0.717, 1.165) is 57.7 Å². The van der Waals surface area contributed by atoms with Gasteiger partial charge in [0, 0.05) is 51.4 Å². The zero-order chi connectivity index (χ0) is 18.7. The third kappa shape index (κ3) is 4.76. The SMILES string of the molecule is CN1CCN(CC2CCCN(C(=O)c3cccc(C(F)(F)F)c3)C2)CC1. The number of alkyl halides is 3. The molecule has 2 aliphatic heterocycles. The van der Waals surface area contributed by atoms with Gasteiger partial charge >= 0.3 is 6.18 Å². The molecule has 2 saturated heterocycles. The van der Waals surface area contributed by atoms with Crippen molar-refractivity contribution in [1.29, 1.82) is 0 Å². The molecule has 0 aliphatic carbocycles. The molecule has 144 valence electrons. The van der Waals surface area contributed by atoms with E-state index in [1.54, 1.807) is 4.90 Å². The van der Waals surface area contributed by atoms with Crippen LogP contribution in [-0.4, -0.2) is 73.5 Å². The smallest absolute Gasteiger partial charge is 0.338 e. The maximum atomic E-state index is 12.9. The summed E-state index contributed by atoms with van der Waals surface area (Å²) in [5, 5.41) is 0. The lowest BCUT2D eigenvalue weighted by Crippen LogP contribution is -2.49. The fourth-order valence-electron chi connectivity index (χ4n) is 3.81. The Morgan fingerprint density at radius 3 is 2.58 bits per heavy atom. The van der Waals surface area contributed by atoms with E-state index in [0.29, 0.717) is 19.0 Å². The van der Waals surface area contributed by atoms with Gasteiger partial charge in [0.25, 0.3) is 5.91 Å². The summed E-state index contributed by atoms with van der Waals surface area (Å²) in [5.74, 6) is 0.0982. The van der Waals surface area contributed by atoms with Crippen molar-refractivity contribution in [2.75, 3.05) is 52.9 Å². The van der Waals surface area contributed by atoms with Gasteiger partial charge in [0.15, 0.2) is 0 Å². The Hall–Kier alpha value is -1.60. The first kappa shape index (κ1) is 19.2. The third-order valence-electron chi connectivity index (χ3n) is 5.36. The van der Waals surface area contributed by atoms with Gasteiger partial charge in [-0.15, -0.1) is 0 Å². The average molecular weight is 369 g/mol. The van der Waals surface area contributed by atoms with Crippen LogP contribution in [0.5, 0.6) is 0 Å². The van der Waals surface area contributed by atoms with Gasteiger partial charge in [-0.3, -0.25) is 4.79 Å². The van der Waals surface area contributed by atoms with Crippen molar-refractivity contribution in [3.05, 3.63) is 35.4 Å². The summed E-state index contributed by atoms with van der Waals surface area (Å²) in [4.78, 5) is 19.2. The zero-order valence-corrected chi connectivity index (χ0v) is 15.1. The first-order chi connectivity index (χ1) is 12.3. The van der Waals surface area contributed by atoms with Crippen LogP contribution in [0.4, 0.5) is 13.2 Å². The van der Waals surface area contributed by atoms with Crippen molar-refractivity contribution in [3.8, 4) is 0 Å². The molecule has 4 nitrogen and oxygen atoms in total. The van der Waals surface area contributed by atoms with Crippen molar-refractivity contribution in [1.82, 2.24) is 14.7 Å². The molecule has 7 heteroatoms. The molecule has 2 heterocycles. The number of benzene rings is 1. The lowest BCUT2D eigenvalue weighted by atomic mass is 9.96. The van der Waals surface area contributed by atoms with Crippen LogP contribution in [0.3, 0.4) is 0 Å². The first-order valence-corrected chi connectivity index (χ1v) is 9.20. The Kier molecular flexibility index (Phi) is 5.87. The molecule has 0 radical (unpaired) electrons. The van der Waals surface area contributed by atoms with E-state index in [4.69, 9.17) is 0 Å². The van der Waals surface area contributed by atoms with E-state index < -0.39 is 11.7 Å². The molecule has 3 rings (SSSR count). The summed E-state index contributed by atoms with van der Waals surface area (Å²) < 4.78 is 38.7. The molecule has 0 bridgehead atoms. The van der Waals surface area contributed by atoms with E-state index in [-0.39, 0.29) is 11.5 Å². The number of hydrogen-bond donors (Lipinski definition) is 0. The van der Waals surface area contributed by atoms with E-state index >= 15 is 0 Å². The number of halogens is 3. The molecular weight excluding hydrogens is 343 g/mol. The molecule has 0 spiro atoms. The molecule has 2 fully saturated rings. The van der Waals surface area contributed by atoms with Gasteiger partial charge in [-0.1, -0.05) is 6.07 Å². The predicted molar refractivity (Wildman–Crippen MR) is 94.0 cm³/mol. The molecule has 1 aromatic rings.